The Balaban J connectivity index is 3.05. The third-order valence-corrected chi connectivity index (χ3v) is 2.60. The molecule has 0 saturated carbocycles. The van der Waals surface area contributed by atoms with Crippen LogP contribution in [0.15, 0.2) is 22.7 Å². The summed E-state index contributed by atoms with van der Waals surface area (Å²) in [6, 6.07) is 6.44. The molecule has 0 atom stereocenters. The second kappa shape index (κ2) is 3.40. The summed E-state index contributed by atoms with van der Waals surface area (Å²) in [4.78, 5) is 0. The number of rotatable bonds is 1. The zero-order chi connectivity index (χ0) is 8.43. The zero-order valence-electron chi connectivity index (χ0n) is 7.11. The predicted molar refractivity (Wildman–Crippen MR) is 52.6 cm³/mol. The summed E-state index contributed by atoms with van der Waals surface area (Å²) in [6.07, 6.45) is 0. The highest BCUT2D eigenvalue weighted by atomic mass is 79.9. The van der Waals surface area contributed by atoms with Crippen molar-refractivity contribution in [2.45, 2.75) is 20.8 Å². The van der Waals surface area contributed by atoms with Crippen LogP contribution in [-0.4, -0.2) is 0 Å². The smallest absolute Gasteiger partial charge is 0.0207 e. The van der Waals surface area contributed by atoms with E-state index in [1.807, 2.05) is 0 Å². The van der Waals surface area contributed by atoms with Crippen LogP contribution in [-0.2, 0) is 0 Å². The molecule has 0 unspecified atom stereocenters. The minimum atomic E-state index is 1.19. The highest BCUT2D eigenvalue weighted by Gasteiger charge is 2.00. The molecule has 0 saturated heterocycles. The Morgan fingerprint density at radius 2 is 1.91 bits per heavy atom. The summed E-state index contributed by atoms with van der Waals surface area (Å²) in [5, 5.41) is 0. The van der Waals surface area contributed by atoms with Crippen LogP contribution in [0.2, 0.25) is 0 Å². The number of hydrogen-bond donors (Lipinski definition) is 0. The summed E-state index contributed by atoms with van der Waals surface area (Å²) >= 11 is 3.50. The quantitative estimate of drug-likeness (QED) is 0.665. The van der Waals surface area contributed by atoms with E-state index in [2.05, 4.69) is 54.9 Å². The number of halogens is 1. The van der Waals surface area contributed by atoms with Crippen molar-refractivity contribution in [3.05, 3.63) is 39.7 Å². The molecule has 1 rings (SSSR count). The van der Waals surface area contributed by atoms with E-state index >= 15 is 0 Å². The molecule has 1 radical (unpaired) electrons. The summed E-state index contributed by atoms with van der Waals surface area (Å²) in [6.45, 7) is 6.34. The van der Waals surface area contributed by atoms with Gasteiger partial charge in [0.2, 0.25) is 0 Å². The van der Waals surface area contributed by atoms with Gasteiger partial charge in [-0.15, -0.1) is 0 Å². The second-order valence-corrected chi connectivity index (χ2v) is 3.82. The summed E-state index contributed by atoms with van der Waals surface area (Å²) < 4.78 is 1.19. The number of aryl methyl sites for hydroxylation is 1. The van der Waals surface area contributed by atoms with Gasteiger partial charge in [0.05, 0.1) is 0 Å². The van der Waals surface area contributed by atoms with E-state index in [9.17, 15) is 0 Å². The van der Waals surface area contributed by atoms with E-state index in [-0.39, 0.29) is 0 Å². The average Bonchev–Trinajstić information content (AvgIpc) is 1.94. The van der Waals surface area contributed by atoms with Crippen LogP contribution in [0.5, 0.6) is 0 Å². The average molecular weight is 212 g/mol. The van der Waals surface area contributed by atoms with Gasteiger partial charge in [-0.05, 0) is 30.0 Å². The third kappa shape index (κ3) is 2.06. The Labute approximate surface area is 76.8 Å². The fourth-order valence-corrected chi connectivity index (χ4v) is 1.28. The van der Waals surface area contributed by atoms with Crippen molar-refractivity contribution in [1.29, 1.82) is 0 Å². The van der Waals surface area contributed by atoms with E-state index < -0.39 is 0 Å². The highest BCUT2D eigenvalue weighted by Crippen LogP contribution is 2.21. The van der Waals surface area contributed by atoms with Crippen molar-refractivity contribution in [2.75, 3.05) is 0 Å². The Morgan fingerprint density at radius 3 is 2.36 bits per heavy atom. The Bertz CT molecular complexity index is 251. The first-order valence-corrected chi connectivity index (χ1v) is 4.47. The molecule has 0 nitrogen and oxygen atoms in total. The van der Waals surface area contributed by atoms with Crippen molar-refractivity contribution in [1.82, 2.24) is 0 Å². The Kier molecular flexibility index (Phi) is 2.72. The lowest BCUT2D eigenvalue weighted by atomic mass is 10.0. The molecule has 11 heavy (non-hydrogen) atoms. The zero-order valence-corrected chi connectivity index (χ0v) is 8.70. The molecule has 59 valence electrons. The fourth-order valence-electron chi connectivity index (χ4n) is 0.904. The van der Waals surface area contributed by atoms with Crippen LogP contribution in [0.1, 0.15) is 25.0 Å². The summed E-state index contributed by atoms with van der Waals surface area (Å²) in [7, 11) is 0. The fraction of sp³-hybridized carbons (Fsp3) is 0.300. The molecule has 0 amide bonds. The molecule has 0 aliphatic carbocycles. The van der Waals surface area contributed by atoms with E-state index in [4.69, 9.17) is 0 Å². The predicted octanol–water partition coefficient (Wildman–Crippen LogP) is 3.72. The van der Waals surface area contributed by atoms with E-state index in [1.165, 1.54) is 21.5 Å². The van der Waals surface area contributed by atoms with Crippen molar-refractivity contribution in [3.8, 4) is 0 Å². The first-order valence-electron chi connectivity index (χ1n) is 3.68. The molecule has 1 aromatic rings. The van der Waals surface area contributed by atoms with Gasteiger partial charge in [0.25, 0.3) is 0 Å². The van der Waals surface area contributed by atoms with Gasteiger partial charge in [-0.3, -0.25) is 0 Å². The van der Waals surface area contributed by atoms with Crippen LogP contribution in [0.4, 0.5) is 0 Å². The molecular formula is C10H12Br. The first-order chi connectivity index (χ1) is 5.11. The molecule has 0 fully saturated rings. The van der Waals surface area contributed by atoms with Crippen molar-refractivity contribution in [2.24, 2.45) is 0 Å². The normalized spacial score (nSPS) is 10.6. The van der Waals surface area contributed by atoms with Gasteiger partial charge in [0, 0.05) is 4.47 Å². The minimum Gasteiger partial charge on any atom is -0.0581 e. The maximum Gasteiger partial charge on any atom is 0.0207 e. The standard InChI is InChI=1S/C10H12Br/c1-7(2)9-5-4-8(3)10(11)6-9/h4-6H,1-3H3. The van der Waals surface area contributed by atoms with Crippen LogP contribution in [0, 0.1) is 12.8 Å². The third-order valence-electron chi connectivity index (χ3n) is 1.75. The van der Waals surface area contributed by atoms with Gasteiger partial charge in [-0.25, -0.2) is 0 Å². The molecule has 0 N–H and O–H groups in total. The Morgan fingerprint density at radius 1 is 1.27 bits per heavy atom. The van der Waals surface area contributed by atoms with Gasteiger partial charge in [0.1, 0.15) is 0 Å². The molecule has 0 aliphatic heterocycles. The molecule has 0 aliphatic rings. The molecule has 0 spiro atoms. The SMILES string of the molecule is C[C](C)c1ccc(C)c(Br)c1. The second-order valence-electron chi connectivity index (χ2n) is 2.96. The monoisotopic (exact) mass is 211 g/mol. The molecule has 0 bridgehead atoms. The van der Waals surface area contributed by atoms with Crippen molar-refractivity contribution < 1.29 is 0 Å². The van der Waals surface area contributed by atoms with Crippen molar-refractivity contribution >= 4 is 15.9 Å². The topological polar surface area (TPSA) is 0 Å². The molecule has 0 heterocycles. The lowest BCUT2D eigenvalue weighted by Gasteiger charge is -2.05. The lowest BCUT2D eigenvalue weighted by molar-refractivity contribution is 1.14. The van der Waals surface area contributed by atoms with Gasteiger partial charge in [0.15, 0.2) is 0 Å². The Hall–Kier alpha value is -0.300. The van der Waals surface area contributed by atoms with Gasteiger partial charge in [-0.2, -0.15) is 0 Å². The molecule has 1 heteroatoms. The van der Waals surface area contributed by atoms with Crippen LogP contribution < -0.4 is 0 Å². The van der Waals surface area contributed by atoms with Crippen LogP contribution in [0.25, 0.3) is 0 Å². The molecule has 0 aromatic heterocycles. The van der Waals surface area contributed by atoms with E-state index in [0.717, 1.165) is 0 Å². The van der Waals surface area contributed by atoms with Gasteiger partial charge in [-0.1, -0.05) is 41.9 Å². The first kappa shape index (κ1) is 8.79. The van der Waals surface area contributed by atoms with Crippen molar-refractivity contribution in [3.63, 3.8) is 0 Å². The number of hydrogen-bond acceptors (Lipinski definition) is 0. The van der Waals surface area contributed by atoms with Gasteiger partial charge >= 0.3 is 0 Å². The van der Waals surface area contributed by atoms with Crippen LogP contribution >= 0.6 is 15.9 Å². The van der Waals surface area contributed by atoms with E-state index in [1.54, 1.807) is 0 Å². The van der Waals surface area contributed by atoms with Crippen LogP contribution in [0.3, 0.4) is 0 Å². The maximum atomic E-state index is 3.50. The van der Waals surface area contributed by atoms with E-state index in [0.29, 0.717) is 0 Å². The lowest BCUT2D eigenvalue weighted by Crippen LogP contribution is -1.88. The maximum absolute atomic E-state index is 3.50. The highest BCUT2D eigenvalue weighted by molar-refractivity contribution is 9.10. The largest absolute Gasteiger partial charge is 0.0581 e. The molecule has 1 aromatic carbocycles. The summed E-state index contributed by atoms with van der Waals surface area (Å²) in [5.41, 5.74) is 2.59. The molecular weight excluding hydrogens is 200 g/mol. The summed E-state index contributed by atoms with van der Waals surface area (Å²) in [5.74, 6) is 1.35. The van der Waals surface area contributed by atoms with Gasteiger partial charge < -0.3 is 0 Å². The number of benzene rings is 1. The minimum absolute atomic E-state index is 1.19.